The minimum absolute atomic E-state index is 0.825. The Morgan fingerprint density at radius 2 is 1.81 bits per heavy atom. The Bertz CT molecular complexity index is 1170. The summed E-state index contributed by atoms with van der Waals surface area (Å²) in [5.74, 6) is 1.93. The molecule has 4 aromatic rings. The third kappa shape index (κ3) is 4.16. The van der Waals surface area contributed by atoms with Gasteiger partial charge in [0, 0.05) is 37.2 Å². The smallest absolute Gasteiger partial charge is 0.185 e. The van der Waals surface area contributed by atoms with Crippen molar-refractivity contribution < 1.29 is 4.74 Å². The van der Waals surface area contributed by atoms with Gasteiger partial charge in [0.05, 0.1) is 30.4 Å². The van der Waals surface area contributed by atoms with Crippen LogP contribution in [0.25, 0.3) is 16.7 Å². The van der Waals surface area contributed by atoms with E-state index in [9.17, 15) is 0 Å². The van der Waals surface area contributed by atoms with E-state index in [0.717, 1.165) is 78.3 Å². The van der Waals surface area contributed by atoms with Crippen molar-refractivity contribution in [1.29, 1.82) is 0 Å². The Balaban J connectivity index is 1.41. The van der Waals surface area contributed by atoms with Crippen molar-refractivity contribution in [2.24, 2.45) is 0 Å². The van der Waals surface area contributed by atoms with Gasteiger partial charge in [0.2, 0.25) is 0 Å². The number of hydrogen-bond acceptors (Lipinski definition) is 6. The lowest BCUT2D eigenvalue weighted by Crippen LogP contribution is -2.31. The summed E-state index contributed by atoms with van der Waals surface area (Å²) in [5, 5.41) is 3.28. The van der Waals surface area contributed by atoms with E-state index >= 15 is 0 Å². The normalized spacial score (nSPS) is 15.4. The molecule has 2 aromatic heterocycles. The third-order valence-corrected chi connectivity index (χ3v) is 6.81. The molecule has 160 valence electrons. The Kier molecular flexibility index (Phi) is 5.61. The molecule has 0 N–H and O–H groups in total. The van der Waals surface area contributed by atoms with Gasteiger partial charge in [-0.15, -0.1) is 11.3 Å². The molecule has 0 unspecified atom stereocenters. The highest BCUT2D eigenvalue weighted by Gasteiger charge is 2.20. The first kappa shape index (κ1) is 20.0. The number of benzene rings is 2. The topological polar surface area (TPSA) is 46.4 Å². The number of aryl methyl sites for hydroxylation is 1. The molecule has 5 rings (SSSR count). The zero-order valence-electron chi connectivity index (χ0n) is 18.0. The minimum atomic E-state index is 0.825. The summed E-state index contributed by atoms with van der Waals surface area (Å²) in [5.41, 5.74) is 4.38. The van der Waals surface area contributed by atoms with Gasteiger partial charge in [0.15, 0.2) is 5.13 Å². The number of thiazole rings is 1. The first-order valence-electron chi connectivity index (χ1n) is 10.7. The molecule has 6 nitrogen and oxygen atoms in total. The van der Waals surface area contributed by atoms with Crippen molar-refractivity contribution in [1.82, 2.24) is 19.4 Å². The van der Waals surface area contributed by atoms with E-state index in [1.807, 2.05) is 12.1 Å². The number of para-hydroxylation sites is 2. The lowest BCUT2D eigenvalue weighted by atomic mass is 10.2. The molecule has 3 heterocycles. The molecule has 0 atom stereocenters. The van der Waals surface area contributed by atoms with E-state index in [1.165, 1.54) is 0 Å². The Hall–Kier alpha value is -2.90. The number of rotatable bonds is 5. The van der Waals surface area contributed by atoms with E-state index in [1.54, 1.807) is 18.4 Å². The van der Waals surface area contributed by atoms with Crippen LogP contribution in [0, 0.1) is 6.92 Å². The number of aromatic nitrogens is 3. The summed E-state index contributed by atoms with van der Waals surface area (Å²) in [6.07, 6.45) is 1.13. The van der Waals surface area contributed by atoms with Crippen LogP contribution < -0.4 is 9.64 Å². The van der Waals surface area contributed by atoms with Crippen LogP contribution in [0.2, 0.25) is 0 Å². The van der Waals surface area contributed by atoms with Gasteiger partial charge in [-0.25, -0.2) is 9.97 Å². The summed E-state index contributed by atoms with van der Waals surface area (Å²) in [6.45, 7) is 7.00. The molecule has 0 saturated carbocycles. The second-order valence-electron chi connectivity index (χ2n) is 7.94. The predicted octanol–water partition coefficient (Wildman–Crippen LogP) is 4.51. The van der Waals surface area contributed by atoms with Crippen molar-refractivity contribution in [2.75, 3.05) is 38.2 Å². The van der Waals surface area contributed by atoms with Crippen molar-refractivity contribution in [3.8, 4) is 11.4 Å². The monoisotopic (exact) mass is 433 g/mol. The van der Waals surface area contributed by atoms with Crippen LogP contribution in [0.15, 0.2) is 53.9 Å². The molecule has 0 spiro atoms. The van der Waals surface area contributed by atoms with Crippen LogP contribution >= 0.6 is 11.3 Å². The van der Waals surface area contributed by atoms with E-state index in [2.05, 4.69) is 68.1 Å². The van der Waals surface area contributed by atoms with E-state index in [0.29, 0.717) is 0 Å². The van der Waals surface area contributed by atoms with Crippen LogP contribution in [0.4, 0.5) is 5.13 Å². The van der Waals surface area contributed by atoms with Gasteiger partial charge in [-0.2, -0.15) is 0 Å². The van der Waals surface area contributed by atoms with Crippen LogP contribution in [0.1, 0.15) is 17.9 Å². The average molecular weight is 434 g/mol. The lowest BCUT2D eigenvalue weighted by Gasteiger charge is -2.21. The number of anilines is 1. The van der Waals surface area contributed by atoms with Crippen molar-refractivity contribution in [2.45, 2.75) is 19.9 Å². The molecular weight excluding hydrogens is 406 g/mol. The summed E-state index contributed by atoms with van der Waals surface area (Å²) in [4.78, 5) is 14.6. The van der Waals surface area contributed by atoms with Gasteiger partial charge in [-0.1, -0.05) is 12.1 Å². The molecule has 1 saturated heterocycles. The predicted molar refractivity (Wildman–Crippen MR) is 127 cm³/mol. The maximum Gasteiger partial charge on any atom is 0.185 e. The zero-order valence-corrected chi connectivity index (χ0v) is 18.8. The quantitative estimate of drug-likeness (QED) is 0.463. The van der Waals surface area contributed by atoms with Gasteiger partial charge in [-0.3, -0.25) is 9.47 Å². The summed E-state index contributed by atoms with van der Waals surface area (Å²) in [7, 11) is 1.70. The van der Waals surface area contributed by atoms with E-state index < -0.39 is 0 Å². The largest absolute Gasteiger partial charge is 0.497 e. The summed E-state index contributed by atoms with van der Waals surface area (Å²) < 4.78 is 7.63. The molecule has 0 amide bonds. The Labute approximate surface area is 186 Å². The molecule has 0 bridgehead atoms. The molecule has 1 aliphatic rings. The molecule has 7 heteroatoms. The number of hydrogen-bond donors (Lipinski definition) is 0. The molecule has 0 radical (unpaired) electrons. The van der Waals surface area contributed by atoms with E-state index in [4.69, 9.17) is 9.72 Å². The van der Waals surface area contributed by atoms with Gasteiger partial charge < -0.3 is 9.64 Å². The fourth-order valence-corrected chi connectivity index (χ4v) is 5.07. The Morgan fingerprint density at radius 3 is 2.58 bits per heavy atom. The molecular formula is C24H27N5OS. The van der Waals surface area contributed by atoms with Crippen LogP contribution in [-0.4, -0.2) is 52.7 Å². The maximum absolute atomic E-state index is 5.35. The number of methoxy groups -OCH3 is 1. The molecule has 0 aliphatic carbocycles. The zero-order chi connectivity index (χ0) is 21.2. The third-order valence-electron chi connectivity index (χ3n) is 5.79. The maximum atomic E-state index is 5.35. The molecule has 2 aromatic carbocycles. The SMILES string of the molecule is COc1ccc(-n2c(CN3CCCN(c4nc(C)cs4)CC3)nc3ccccc32)cc1. The molecule has 1 fully saturated rings. The number of imidazole rings is 1. The standard InChI is InChI=1S/C24H27N5OS/c1-18-17-31-24(25-18)28-13-5-12-27(14-15-28)16-23-26-21-6-3-4-7-22(21)29(23)19-8-10-20(30-2)11-9-19/h3-4,6-11,17H,5,12-16H2,1-2H3. The fraction of sp³-hybridized carbons (Fsp3) is 0.333. The van der Waals surface area contributed by atoms with Crippen LogP contribution in [0.3, 0.4) is 0 Å². The summed E-state index contributed by atoms with van der Waals surface area (Å²) >= 11 is 1.75. The number of fused-ring (bicyclic) bond motifs is 1. The van der Waals surface area contributed by atoms with Crippen LogP contribution in [0.5, 0.6) is 5.75 Å². The molecule has 1 aliphatic heterocycles. The van der Waals surface area contributed by atoms with Gasteiger partial charge in [0.25, 0.3) is 0 Å². The van der Waals surface area contributed by atoms with Gasteiger partial charge in [0.1, 0.15) is 11.6 Å². The molecule has 31 heavy (non-hydrogen) atoms. The van der Waals surface area contributed by atoms with Crippen molar-refractivity contribution in [3.05, 3.63) is 65.4 Å². The lowest BCUT2D eigenvalue weighted by molar-refractivity contribution is 0.277. The van der Waals surface area contributed by atoms with Crippen LogP contribution in [-0.2, 0) is 6.54 Å². The fourth-order valence-electron chi connectivity index (χ4n) is 4.21. The van der Waals surface area contributed by atoms with Gasteiger partial charge in [-0.05, 0) is 49.7 Å². The highest BCUT2D eigenvalue weighted by atomic mass is 32.1. The highest BCUT2D eigenvalue weighted by molar-refractivity contribution is 7.13. The van der Waals surface area contributed by atoms with Crippen molar-refractivity contribution >= 4 is 27.5 Å². The second-order valence-corrected chi connectivity index (χ2v) is 8.77. The summed E-state index contributed by atoms with van der Waals surface area (Å²) in [6, 6.07) is 16.6. The second kappa shape index (κ2) is 8.69. The number of ether oxygens (including phenoxy) is 1. The first-order valence-corrected chi connectivity index (χ1v) is 11.6. The number of nitrogens with zero attached hydrogens (tertiary/aromatic N) is 5. The van der Waals surface area contributed by atoms with E-state index in [-0.39, 0.29) is 0 Å². The Morgan fingerprint density at radius 1 is 0.968 bits per heavy atom. The van der Waals surface area contributed by atoms with Crippen molar-refractivity contribution in [3.63, 3.8) is 0 Å². The highest BCUT2D eigenvalue weighted by Crippen LogP contribution is 2.25. The first-order chi connectivity index (χ1) is 15.2. The minimum Gasteiger partial charge on any atom is -0.497 e. The average Bonchev–Trinajstić information content (AvgIpc) is 3.30. The van der Waals surface area contributed by atoms with Gasteiger partial charge >= 0.3 is 0 Å².